The average Bonchev–Trinajstić information content (AvgIpc) is 3.03. The SMILES string of the molecule is Cc1cccc(N2C[C@H](C(=O)OCC(=O)NC(=O)NCCC(C)C)CC2=O)c1C. The van der Waals surface area contributed by atoms with E-state index in [9.17, 15) is 19.2 Å². The summed E-state index contributed by atoms with van der Waals surface area (Å²) in [7, 11) is 0. The number of hydrogen-bond donors (Lipinski definition) is 2. The summed E-state index contributed by atoms with van der Waals surface area (Å²) in [5.74, 6) is -1.70. The Kier molecular flexibility index (Phi) is 7.75. The van der Waals surface area contributed by atoms with Crippen molar-refractivity contribution in [1.29, 1.82) is 0 Å². The van der Waals surface area contributed by atoms with Crippen LogP contribution in [0.4, 0.5) is 10.5 Å². The molecule has 4 amide bonds. The minimum absolute atomic E-state index is 0.0313. The van der Waals surface area contributed by atoms with Gasteiger partial charge >= 0.3 is 12.0 Å². The number of carbonyl (C=O) groups is 4. The molecule has 8 heteroatoms. The Morgan fingerprint density at radius 3 is 2.66 bits per heavy atom. The standard InChI is InChI=1S/C21H29N3O5/c1-13(2)8-9-22-21(28)23-18(25)12-29-20(27)16-10-19(26)24(11-16)17-7-5-6-14(3)15(17)4/h5-7,13,16H,8-12H2,1-4H3,(H2,22,23,25,28)/t16-/m1/s1. The highest BCUT2D eigenvalue weighted by Gasteiger charge is 2.37. The fraction of sp³-hybridized carbons (Fsp3) is 0.524. The molecule has 0 aromatic heterocycles. The molecule has 2 rings (SSSR count). The van der Waals surface area contributed by atoms with Crippen LogP contribution in [0.2, 0.25) is 0 Å². The second-order valence-electron chi connectivity index (χ2n) is 7.72. The van der Waals surface area contributed by atoms with Gasteiger partial charge in [0.05, 0.1) is 5.92 Å². The number of esters is 1. The molecule has 0 radical (unpaired) electrons. The molecule has 0 saturated carbocycles. The van der Waals surface area contributed by atoms with Gasteiger partial charge in [-0.05, 0) is 43.4 Å². The first-order chi connectivity index (χ1) is 13.7. The average molecular weight is 403 g/mol. The Morgan fingerprint density at radius 2 is 1.97 bits per heavy atom. The summed E-state index contributed by atoms with van der Waals surface area (Å²) in [6, 6.07) is 5.05. The van der Waals surface area contributed by atoms with Crippen molar-refractivity contribution in [2.45, 2.75) is 40.5 Å². The number of imide groups is 1. The molecule has 0 unspecified atom stereocenters. The summed E-state index contributed by atoms with van der Waals surface area (Å²) in [4.78, 5) is 49.6. The molecule has 8 nitrogen and oxygen atoms in total. The number of benzene rings is 1. The number of rotatable bonds is 7. The smallest absolute Gasteiger partial charge is 0.321 e. The van der Waals surface area contributed by atoms with Gasteiger partial charge < -0.3 is 15.0 Å². The number of urea groups is 1. The van der Waals surface area contributed by atoms with Gasteiger partial charge in [-0.3, -0.25) is 19.7 Å². The predicted octanol–water partition coefficient (Wildman–Crippen LogP) is 2.07. The number of ether oxygens (including phenoxy) is 1. The largest absolute Gasteiger partial charge is 0.455 e. The normalized spacial score (nSPS) is 16.1. The zero-order chi connectivity index (χ0) is 21.6. The summed E-state index contributed by atoms with van der Waals surface area (Å²) < 4.78 is 5.01. The van der Waals surface area contributed by atoms with Gasteiger partial charge in [0, 0.05) is 25.2 Å². The van der Waals surface area contributed by atoms with Gasteiger partial charge in [0.15, 0.2) is 6.61 Å². The van der Waals surface area contributed by atoms with E-state index in [0.717, 1.165) is 23.2 Å². The van der Waals surface area contributed by atoms with Crippen molar-refractivity contribution in [3.8, 4) is 0 Å². The maximum Gasteiger partial charge on any atom is 0.321 e. The van der Waals surface area contributed by atoms with E-state index in [-0.39, 0.29) is 18.9 Å². The van der Waals surface area contributed by atoms with Crippen molar-refractivity contribution in [2.75, 3.05) is 24.6 Å². The van der Waals surface area contributed by atoms with E-state index in [0.29, 0.717) is 12.5 Å². The van der Waals surface area contributed by atoms with E-state index in [1.54, 1.807) is 4.90 Å². The molecule has 29 heavy (non-hydrogen) atoms. The number of carbonyl (C=O) groups excluding carboxylic acids is 4. The third-order valence-corrected chi connectivity index (χ3v) is 4.93. The van der Waals surface area contributed by atoms with Gasteiger partial charge in [-0.15, -0.1) is 0 Å². The fourth-order valence-electron chi connectivity index (χ4n) is 3.06. The molecular formula is C21H29N3O5. The number of aryl methyl sites for hydroxylation is 1. The number of nitrogens with one attached hydrogen (secondary N) is 2. The number of hydrogen-bond acceptors (Lipinski definition) is 5. The van der Waals surface area contributed by atoms with Crippen LogP contribution in [0, 0.1) is 25.7 Å². The van der Waals surface area contributed by atoms with Crippen molar-refractivity contribution in [1.82, 2.24) is 10.6 Å². The van der Waals surface area contributed by atoms with Crippen molar-refractivity contribution in [3.05, 3.63) is 29.3 Å². The first kappa shape index (κ1) is 22.4. The number of anilines is 1. The fourth-order valence-corrected chi connectivity index (χ4v) is 3.06. The van der Waals surface area contributed by atoms with Crippen LogP contribution < -0.4 is 15.5 Å². The number of nitrogens with zero attached hydrogens (tertiary/aromatic N) is 1. The quantitative estimate of drug-likeness (QED) is 0.678. The van der Waals surface area contributed by atoms with Crippen LogP contribution in [-0.4, -0.2) is 43.5 Å². The molecule has 0 aliphatic carbocycles. The van der Waals surface area contributed by atoms with Crippen molar-refractivity contribution in [3.63, 3.8) is 0 Å². The van der Waals surface area contributed by atoms with Crippen LogP contribution in [0.3, 0.4) is 0 Å². The van der Waals surface area contributed by atoms with Crippen LogP contribution in [0.15, 0.2) is 18.2 Å². The molecular weight excluding hydrogens is 374 g/mol. The summed E-state index contributed by atoms with van der Waals surface area (Å²) in [6.45, 7) is 8.04. The van der Waals surface area contributed by atoms with E-state index in [2.05, 4.69) is 10.6 Å². The van der Waals surface area contributed by atoms with Gasteiger partial charge in [-0.1, -0.05) is 26.0 Å². The van der Waals surface area contributed by atoms with Crippen LogP contribution in [0.1, 0.15) is 37.8 Å². The molecule has 1 fully saturated rings. The zero-order valence-corrected chi connectivity index (χ0v) is 17.4. The summed E-state index contributed by atoms with van der Waals surface area (Å²) in [5, 5.41) is 4.68. The van der Waals surface area contributed by atoms with Gasteiger partial charge in [0.25, 0.3) is 5.91 Å². The Hall–Kier alpha value is -2.90. The molecule has 1 aliphatic heterocycles. The van der Waals surface area contributed by atoms with Crippen LogP contribution >= 0.6 is 0 Å². The van der Waals surface area contributed by atoms with Gasteiger partial charge in [-0.2, -0.15) is 0 Å². The number of amides is 4. The Bertz CT molecular complexity index is 791. The predicted molar refractivity (Wildman–Crippen MR) is 108 cm³/mol. The van der Waals surface area contributed by atoms with Gasteiger partial charge in [0.2, 0.25) is 5.91 Å². The Morgan fingerprint density at radius 1 is 1.24 bits per heavy atom. The third-order valence-electron chi connectivity index (χ3n) is 4.93. The lowest BCUT2D eigenvalue weighted by Crippen LogP contribution is -2.42. The molecule has 1 saturated heterocycles. The molecule has 1 atom stereocenters. The highest BCUT2D eigenvalue weighted by Crippen LogP contribution is 2.29. The molecule has 0 spiro atoms. The second-order valence-corrected chi connectivity index (χ2v) is 7.72. The van der Waals surface area contributed by atoms with E-state index < -0.39 is 30.4 Å². The summed E-state index contributed by atoms with van der Waals surface area (Å²) in [5.41, 5.74) is 2.82. The van der Waals surface area contributed by atoms with Crippen LogP contribution in [-0.2, 0) is 19.1 Å². The molecule has 0 bridgehead atoms. The monoisotopic (exact) mass is 403 g/mol. The molecule has 1 heterocycles. The highest BCUT2D eigenvalue weighted by molar-refractivity contribution is 6.00. The van der Waals surface area contributed by atoms with Crippen molar-refractivity contribution in [2.24, 2.45) is 11.8 Å². The molecule has 2 N–H and O–H groups in total. The van der Waals surface area contributed by atoms with Crippen molar-refractivity contribution < 1.29 is 23.9 Å². The lowest BCUT2D eigenvalue weighted by molar-refractivity contribution is -0.152. The zero-order valence-electron chi connectivity index (χ0n) is 17.4. The Balaban J connectivity index is 1.81. The highest BCUT2D eigenvalue weighted by atomic mass is 16.5. The topological polar surface area (TPSA) is 105 Å². The van der Waals surface area contributed by atoms with Crippen LogP contribution in [0.5, 0.6) is 0 Å². The minimum Gasteiger partial charge on any atom is -0.455 e. The second kappa shape index (κ2) is 10.0. The lowest BCUT2D eigenvalue weighted by Gasteiger charge is -2.20. The first-order valence-electron chi connectivity index (χ1n) is 9.80. The first-order valence-corrected chi connectivity index (χ1v) is 9.80. The van der Waals surface area contributed by atoms with Crippen LogP contribution in [0.25, 0.3) is 0 Å². The van der Waals surface area contributed by atoms with E-state index in [4.69, 9.17) is 4.74 Å². The van der Waals surface area contributed by atoms with E-state index >= 15 is 0 Å². The van der Waals surface area contributed by atoms with Crippen molar-refractivity contribution >= 4 is 29.5 Å². The maximum absolute atomic E-state index is 12.4. The summed E-state index contributed by atoms with van der Waals surface area (Å²) in [6.07, 6.45) is 0.826. The maximum atomic E-state index is 12.4. The van der Waals surface area contributed by atoms with E-state index in [1.165, 1.54) is 0 Å². The van der Waals surface area contributed by atoms with E-state index in [1.807, 2.05) is 45.9 Å². The van der Waals surface area contributed by atoms with Gasteiger partial charge in [0.1, 0.15) is 0 Å². The van der Waals surface area contributed by atoms with Gasteiger partial charge in [-0.25, -0.2) is 4.79 Å². The third kappa shape index (κ3) is 6.30. The molecule has 1 aromatic rings. The summed E-state index contributed by atoms with van der Waals surface area (Å²) >= 11 is 0. The molecule has 1 aliphatic rings. The molecule has 1 aromatic carbocycles. The minimum atomic E-state index is -0.712. The molecule has 158 valence electrons. The Labute approximate surface area is 171 Å². The lowest BCUT2D eigenvalue weighted by atomic mass is 10.1.